The molecule has 3 atom stereocenters. The van der Waals surface area contributed by atoms with Gasteiger partial charge in [0.15, 0.2) is 0 Å². The molecule has 1 aliphatic carbocycles. The Hall–Kier alpha value is -3.77. The Morgan fingerprint density at radius 1 is 1.11 bits per heavy atom. The zero-order valence-electron chi connectivity index (χ0n) is 20.6. The van der Waals surface area contributed by atoms with Gasteiger partial charge in [0, 0.05) is 25.6 Å². The van der Waals surface area contributed by atoms with Crippen LogP contribution in [0.3, 0.4) is 0 Å². The third kappa shape index (κ3) is 5.20. The van der Waals surface area contributed by atoms with E-state index in [1.807, 2.05) is 23.1 Å². The summed E-state index contributed by atoms with van der Waals surface area (Å²) in [5.74, 6) is -1.57. The Morgan fingerprint density at radius 2 is 1.81 bits per heavy atom. The number of amides is 2. The molecule has 37 heavy (non-hydrogen) atoms. The van der Waals surface area contributed by atoms with Gasteiger partial charge in [-0.25, -0.2) is 4.39 Å². The van der Waals surface area contributed by atoms with Gasteiger partial charge in [0.05, 0.1) is 19.0 Å². The summed E-state index contributed by atoms with van der Waals surface area (Å²) in [5.41, 5.74) is 7.76. The Balaban J connectivity index is 1.28. The minimum atomic E-state index is -1.37. The minimum absolute atomic E-state index is 0.0542. The molecular weight excluding hydrogens is 471 g/mol. The lowest BCUT2D eigenvalue weighted by molar-refractivity contribution is -0.121. The van der Waals surface area contributed by atoms with Gasteiger partial charge in [0.25, 0.3) is 0 Å². The predicted molar refractivity (Wildman–Crippen MR) is 137 cm³/mol. The largest absolute Gasteiger partial charge is 0.369 e. The third-order valence-corrected chi connectivity index (χ3v) is 7.69. The molecule has 0 radical (unpaired) electrons. The minimum Gasteiger partial charge on any atom is -0.369 e. The number of piperidine rings is 1. The monoisotopic (exact) mass is 502 g/mol. The second kappa shape index (κ2) is 10.3. The second-order valence-electron chi connectivity index (χ2n) is 10.2. The van der Waals surface area contributed by atoms with Gasteiger partial charge in [-0.3, -0.25) is 19.5 Å². The Morgan fingerprint density at radius 3 is 2.43 bits per heavy atom. The van der Waals surface area contributed by atoms with Crippen LogP contribution in [0.25, 0.3) is 11.1 Å². The SMILES string of the molecule is N#CC[C@]1(N2CC(C(N)=O)C(NC(=O)C3CC3)=N2)CCN(Cc2ccc(-c3ccccc3)cc2)C[C@@H]1F. The zero-order valence-corrected chi connectivity index (χ0v) is 20.6. The van der Waals surface area contributed by atoms with Crippen LogP contribution in [-0.4, -0.2) is 58.9 Å². The molecule has 5 rings (SSSR count). The molecular formula is C28H31FN6O2. The number of likely N-dealkylation sites (tertiary alicyclic amines) is 1. The van der Waals surface area contributed by atoms with E-state index in [-0.39, 0.29) is 37.2 Å². The zero-order chi connectivity index (χ0) is 26.0. The van der Waals surface area contributed by atoms with Crippen molar-refractivity contribution in [1.29, 1.82) is 5.26 Å². The van der Waals surface area contributed by atoms with Crippen molar-refractivity contribution >= 4 is 17.6 Å². The first-order valence-electron chi connectivity index (χ1n) is 12.7. The maximum atomic E-state index is 15.9. The van der Waals surface area contributed by atoms with E-state index < -0.39 is 23.5 Å². The lowest BCUT2D eigenvalue weighted by Gasteiger charge is -2.47. The maximum absolute atomic E-state index is 15.9. The normalized spacial score (nSPS) is 25.8. The molecule has 9 heteroatoms. The van der Waals surface area contributed by atoms with E-state index in [1.54, 1.807) is 0 Å². The number of primary amides is 1. The average molecular weight is 503 g/mol. The first-order valence-corrected chi connectivity index (χ1v) is 12.7. The molecule has 2 heterocycles. The number of carbonyl (C=O) groups is 2. The van der Waals surface area contributed by atoms with Gasteiger partial charge >= 0.3 is 0 Å². The van der Waals surface area contributed by atoms with Crippen LogP contribution >= 0.6 is 0 Å². The second-order valence-corrected chi connectivity index (χ2v) is 10.2. The van der Waals surface area contributed by atoms with Crippen molar-refractivity contribution in [1.82, 2.24) is 15.2 Å². The molecule has 2 amide bonds. The van der Waals surface area contributed by atoms with Crippen LogP contribution in [0.4, 0.5) is 4.39 Å². The molecule has 2 aromatic carbocycles. The highest BCUT2D eigenvalue weighted by Gasteiger charge is 2.51. The van der Waals surface area contributed by atoms with Crippen LogP contribution in [0, 0.1) is 23.2 Å². The summed E-state index contributed by atoms with van der Waals surface area (Å²) >= 11 is 0. The van der Waals surface area contributed by atoms with E-state index in [2.05, 4.69) is 52.9 Å². The summed E-state index contributed by atoms with van der Waals surface area (Å²) in [6.45, 7) is 1.35. The molecule has 0 aromatic heterocycles. The Labute approximate surface area is 215 Å². The first kappa shape index (κ1) is 24.9. The van der Waals surface area contributed by atoms with Crippen molar-refractivity contribution in [3.05, 3.63) is 60.2 Å². The van der Waals surface area contributed by atoms with Crippen molar-refractivity contribution in [2.45, 2.75) is 43.9 Å². The van der Waals surface area contributed by atoms with E-state index in [0.29, 0.717) is 19.5 Å². The highest BCUT2D eigenvalue weighted by Crippen LogP contribution is 2.38. The number of hydrogen-bond acceptors (Lipinski definition) is 6. The van der Waals surface area contributed by atoms with Crippen molar-refractivity contribution in [3.8, 4) is 17.2 Å². The summed E-state index contributed by atoms with van der Waals surface area (Å²) in [5, 5.41) is 18.3. The number of amidine groups is 1. The number of carbonyl (C=O) groups excluding carboxylic acids is 2. The summed E-state index contributed by atoms with van der Waals surface area (Å²) in [6, 6.07) is 20.5. The van der Waals surface area contributed by atoms with Gasteiger partial charge in [-0.1, -0.05) is 54.6 Å². The molecule has 2 aromatic rings. The standard InChI is InChI=1S/C28H31FN6O2/c29-24-18-34(16-19-6-8-21(9-7-19)20-4-2-1-3-5-20)15-13-28(24,12-14-30)35-17-23(25(31)36)26(33-35)32-27(37)22-10-11-22/h1-9,22-24H,10-13,15-18H2,(H2,31,36)(H,32,33,37)/t23?,24-,28-/m0/s1. The molecule has 1 saturated heterocycles. The number of rotatable bonds is 7. The Bertz CT molecular complexity index is 1220. The van der Waals surface area contributed by atoms with Crippen molar-refractivity contribution in [3.63, 3.8) is 0 Å². The van der Waals surface area contributed by atoms with Gasteiger partial charge in [-0.05, 0) is 36.0 Å². The number of nitrogens with zero attached hydrogens (tertiary/aromatic N) is 4. The van der Waals surface area contributed by atoms with E-state index in [9.17, 15) is 14.9 Å². The molecule has 1 unspecified atom stereocenters. The van der Waals surface area contributed by atoms with Gasteiger partial charge in [-0.2, -0.15) is 10.4 Å². The summed E-state index contributed by atoms with van der Waals surface area (Å²) in [7, 11) is 0. The van der Waals surface area contributed by atoms with Crippen molar-refractivity contribution < 1.29 is 14.0 Å². The maximum Gasteiger partial charge on any atom is 0.230 e. The molecule has 1 saturated carbocycles. The number of alkyl halides is 1. The van der Waals surface area contributed by atoms with Crippen LogP contribution in [0.2, 0.25) is 0 Å². The number of hydrogen-bond donors (Lipinski definition) is 2. The van der Waals surface area contributed by atoms with Crippen LogP contribution in [0.15, 0.2) is 59.7 Å². The third-order valence-electron chi connectivity index (χ3n) is 7.69. The van der Waals surface area contributed by atoms with E-state index in [1.165, 1.54) is 5.01 Å². The topological polar surface area (TPSA) is 115 Å². The number of nitriles is 1. The lowest BCUT2D eigenvalue weighted by Crippen LogP contribution is -2.61. The fourth-order valence-corrected chi connectivity index (χ4v) is 5.24. The summed E-state index contributed by atoms with van der Waals surface area (Å²) in [4.78, 5) is 26.5. The van der Waals surface area contributed by atoms with Crippen LogP contribution in [0.5, 0.6) is 0 Å². The van der Waals surface area contributed by atoms with Crippen LogP contribution in [-0.2, 0) is 16.1 Å². The number of halogens is 1. The number of nitrogens with one attached hydrogen (secondary N) is 1. The molecule has 0 spiro atoms. The Kier molecular flexibility index (Phi) is 6.94. The molecule has 2 fully saturated rings. The van der Waals surface area contributed by atoms with Gasteiger partial charge in [0.2, 0.25) is 11.8 Å². The summed E-state index contributed by atoms with van der Waals surface area (Å²) in [6.07, 6.45) is 0.523. The van der Waals surface area contributed by atoms with E-state index in [0.717, 1.165) is 29.5 Å². The van der Waals surface area contributed by atoms with E-state index in [4.69, 9.17) is 5.73 Å². The van der Waals surface area contributed by atoms with Crippen molar-refractivity contribution in [2.24, 2.45) is 22.7 Å². The quantitative estimate of drug-likeness (QED) is 0.604. The fraction of sp³-hybridized carbons (Fsp3) is 0.429. The van der Waals surface area contributed by atoms with Crippen LogP contribution in [0.1, 0.15) is 31.2 Å². The predicted octanol–water partition coefficient (Wildman–Crippen LogP) is 2.81. The summed E-state index contributed by atoms with van der Waals surface area (Å²) < 4.78 is 15.9. The number of benzene rings is 2. The van der Waals surface area contributed by atoms with Crippen molar-refractivity contribution in [2.75, 3.05) is 19.6 Å². The molecule has 3 N–H and O–H groups in total. The molecule has 0 bridgehead atoms. The number of hydrazone groups is 1. The highest BCUT2D eigenvalue weighted by molar-refractivity contribution is 6.10. The molecule has 2 aliphatic heterocycles. The van der Waals surface area contributed by atoms with Gasteiger partial charge < -0.3 is 11.1 Å². The fourth-order valence-electron chi connectivity index (χ4n) is 5.24. The van der Waals surface area contributed by atoms with E-state index >= 15 is 4.39 Å². The van der Waals surface area contributed by atoms with Gasteiger partial charge in [0.1, 0.15) is 23.5 Å². The highest BCUT2D eigenvalue weighted by atomic mass is 19.1. The number of nitrogens with two attached hydrogens (primary N) is 1. The molecule has 3 aliphatic rings. The molecule has 192 valence electrons. The lowest BCUT2D eigenvalue weighted by atomic mass is 9.82. The first-order chi connectivity index (χ1) is 17.9. The molecule has 8 nitrogen and oxygen atoms in total. The van der Waals surface area contributed by atoms with Crippen LogP contribution < -0.4 is 11.1 Å². The smallest absolute Gasteiger partial charge is 0.230 e. The van der Waals surface area contributed by atoms with Gasteiger partial charge in [-0.15, -0.1) is 0 Å². The average Bonchev–Trinajstić information content (AvgIpc) is 3.67.